The van der Waals surface area contributed by atoms with Crippen LogP contribution < -0.4 is 15.0 Å². The first kappa shape index (κ1) is 22.8. The molecule has 2 aromatic carbocycles. The number of hydrogen-bond acceptors (Lipinski definition) is 5. The smallest absolute Gasteiger partial charge is 0.311 e. The minimum atomic E-state index is -0.608. The van der Waals surface area contributed by atoms with E-state index in [1.165, 1.54) is 0 Å². The van der Waals surface area contributed by atoms with Gasteiger partial charge in [-0.2, -0.15) is 0 Å². The number of amides is 2. The maximum atomic E-state index is 12.5. The van der Waals surface area contributed by atoms with Crippen LogP contribution in [-0.2, 0) is 25.5 Å². The molecule has 0 aliphatic carbocycles. The summed E-state index contributed by atoms with van der Waals surface area (Å²) < 4.78 is 11.3. The summed E-state index contributed by atoms with van der Waals surface area (Å²) in [5.41, 5.74) is 3.33. The van der Waals surface area contributed by atoms with Crippen molar-refractivity contribution in [2.75, 3.05) is 30.5 Å². The number of benzene rings is 2. The van der Waals surface area contributed by atoms with E-state index in [-0.39, 0.29) is 18.9 Å². The molecule has 0 radical (unpaired) electrons. The highest BCUT2D eigenvalue weighted by atomic mass is 79.9. The first-order chi connectivity index (χ1) is 14.8. The highest BCUT2D eigenvalue weighted by molar-refractivity contribution is 9.10. The van der Waals surface area contributed by atoms with Crippen LogP contribution in [0.3, 0.4) is 0 Å². The van der Waals surface area contributed by atoms with Crippen molar-refractivity contribution in [1.82, 2.24) is 0 Å². The van der Waals surface area contributed by atoms with E-state index < -0.39 is 24.4 Å². The normalized spacial score (nSPS) is 15.7. The van der Waals surface area contributed by atoms with E-state index in [1.807, 2.05) is 26.0 Å². The summed E-state index contributed by atoms with van der Waals surface area (Å²) in [6.07, 6.45) is 0.805. The molecule has 0 saturated carbocycles. The maximum absolute atomic E-state index is 12.5. The molecule has 2 amide bonds. The van der Waals surface area contributed by atoms with Gasteiger partial charge in [0.05, 0.1) is 13.0 Å². The van der Waals surface area contributed by atoms with Crippen molar-refractivity contribution < 1.29 is 23.9 Å². The fourth-order valence-electron chi connectivity index (χ4n) is 3.58. The van der Waals surface area contributed by atoms with E-state index in [1.54, 1.807) is 36.3 Å². The second kappa shape index (κ2) is 9.96. The Morgan fingerprint density at radius 3 is 2.58 bits per heavy atom. The molecule has 1 N–H and O–H groups in total. The maximum Gasteiger partial charge on any atom is 0.311 e. The van der Waals surface area contributed by atoms with Gasteiger partial charge in [-0.15, -0.1) is 0 Å². The quantitative estimate of drug-likeness (QED) is 0.598. The average molecular weight is 489 g/mol. The number of anilines is 2. The third kappa shape index (κ3) is 5.44. The Morgan fingerprint density at radius 2 is 1.94 bits per heavy atom. The molecular weight excluding hydrogens is 464 g/mol. The summed E-state index contributed by atoms with van der Waals surface area (Å²) in [5.74, 6) is -1.05. The standard InChI is InChI=1S/C23H25BrN2O5/c1-4-15-10-17(24)9-14(2)22(15)25-20(27)13-31-23(29)16-11-21(28)26(12-16)18-5-7-19(30-3)8-6-18/h5-10,16H,4,11-13H2,1-3H3,(H,25,27)/t16-/m1/s1. The Kier molecular flexibility index (Phi) is 7.33. The molecule has 3 rings (SSSR count). The molecule has 164 valence electrons. The van der Waals surface area contributed by atoms with Crippen LogP contribution >= 0.6 is 15.9 Å². The number of rotatable bonds is 7. The summed E-state index contributed by atoms with van der Waals surface area (Å²) in [6, 6.07) is 10.9. The predicted octanol–water partition coefficient (Wildman–Crippen LogP) is 3.86. The zero-order valence-corrected chi connectivity index (χ0v) is 19.3. The van der Waals surface area contributed by atoms with Crippen molar-refractivity contribution in [3.05, 3.63) is 52.0 Å². The molecule has 1 saturated heterocycles. The number of halogens is 1. The van der Waals surface area contributed by atoms with Crippen LogP contribution in [0.2, 0.25) is 0 Å². The molecule has 1 aliphatic heterocycles. The molecule has 1 atom stereocenters. The van der Waals surface area contributed by atoms with Crippen molar-refractivity contribution in [3.8, 4) is 5.75 Å². The van der Waals surface area contributed by atoms with Gasteiger partial charge in [0.2, 0.25) is 5.91 Å². The van der Waals surface area contributed by atoms with Crippen molar-refractivity contribution in [3.63, 3.8) is 0 Å². The minimum absolute atomic E-state index is 0.0539. The molecule has 0 spiro atoms. The molecule has 2 aromatic rings. The highest BCUT2D eigenvalue weighted by Gasteiger charge is 2.36. The lowest BCUT2D eigenvalue weighted by Gasteiger charge is -2.17. The van der Waals surface area contributed by atoms with Crippen LogP contribution in [0.25, 0.3) is 0 Å². The molecule has 0 unspecified atom stereocenters. The molecule has 1 aliphatic rings. The van der Waals surface area contributed by atoms with Crippen LogP contribution in [0.1, 0.15) is 24.5 Å². The van der Waals surface area contributed by atoms with Gasteiger partial charge in [-0.05, 0) is 60.9 Å². The number of nitrogens with one attached hydrogen (secondary N) is 1. The number of carbonyl (C=O) groups is 3. The topological polar surface area (TPSA) is 84.9 Å². The molecule has 0 aromatic heterocycles. The number of methoxy groups -OCH3 is 1. The molecule has 1 heterocycles. The average Bonchev–Trinajstić information content (AvgIpc) is 3.15. The lowest BCUT2D eigenvalue weighted by molar-refractivity contribution is -0.151. The van der Waals surface area contributed by atoms with Gasteiger partial charge in [0.25, 0.3) is 5.91 Å². The van der Waals surface area contributed by atoms with Crippen LogP contribution in [0, 0.1) is 12.8 Å². The number of ether oxygens (including phenoxy) is 2. The Morgan fingerprint density at radius 1 is 1.23 bits per heavy atom. The van der Waals surface area contributed by atoms with E-state index >= 15 is 0 Å². The Balaban J connectivity index is 1.56. The first-order valence-electron chi connectivity index (χ1n) is 10.0. The summed E-state index contributed by atoms with van der Waals surface area (Å²) in [7, 11) is 1.57. The Labute approximate surface area is 189 Å². The van der Waals surface area contributed by atoms with Gasteiger partial charge >= 0.3 is 5.97 Å². The van der Waals surface area contributed by atoms with Crippen molar-refractivity contribution in [2.24, 2.45) is 5.92 Å². The van der Waals surface area contributed by atoms with Gasteiger partial charge in [0.1, 0.15) is 5.75 Å². The molecule has 1 fully saturated rings. The van der Waals surface area contributed by atoms with E-state index in [0.717, 1.165) is 27.7 Å². The summed E-state index contributed by atoms with van der Waals surface area (Å²) in [6.45, 7) is 3.73. The number of hydrogen-bond donors (Lipinski definition) is 1. The fourth-order valence-corrected chi connectivity index (χ4v) is 4.20. The number of esters is 1. The van der Waals surface area contributed by atoms with E-state index in [0.29, 0.717) is 11.4 Å². The fraction of sp³-hybridized carbons (Fsp3) is 0.348. The summed E-state index contributed by atoms with van der Waals surface area (Å²) in [5, 5.41) is 2.83. The zero-order valence-electron chi connectivity index (χ0n) is 17.7. The number of carbonyl (C=O) groups excluding carboxylic acids is 3. The van der Waals surface area contributed by atoms with Crippen LogP contribution in [-0.4, -0.2) is 38.0 Å². The molecule has 0 bridgehead atoms. The second-order valence-corrected chi connectivity index (χ2v) is 8.29. The van der Waals surface area contributed by atoms with Gasteiger partial charge in [-0.1, -0.05) is 22.9 Å². The van der Waals surface area contributed by atoms with Crippen molar-refractivity contribution >= 4 is 45.1 Å². The molecule has 7 nitrogen and oxygen atoms in total. The third-order valence-electron chi connectivity index (χ3n) is 5.22. The zero-order chi connectivity index (χ0) is 22.5. The second-order valence-electron chi connectivity index (χ2n) is 7.37. The van der Waals surface area contributed by atoms with E-state index in [4.69, 9.17) is 9.47 Å². The van der Waals surface area contributed by atoms with Crippen LogP contribution in [0.5, 0.6) is 5.75 Å². The van der Waals surface area contributed by atoms with Crippen LogP contribution in [0.4, 0.5) is 11.4 Å². The number of nitrogens with zero attached hydrogens (tertiary/aromatic N) is 1. The molecular formula is C23H25BrN2O5. The van der Waals surface area contributed by atoms with E-state index in [2.05, 4.69) is 21.2 Å². The van der Waals surface area contributed by atoms with Gasteiger partial charge in [0, 0.05) is 28.8 Å². The van der Waals surface area contributed by atoms with E-state index in [9.17, 15) is 14.4 Å². The monoisotopic (exact) mass is 488 g/mol. The largest absolute Gasteiger partial charge is 0.497 e. The lowest BCUT2D eigenvalue weighted by atomic mass is 10.1. The highest BCUT2D eigenvalue weighted by Crippen LogP contribution is 2.28. The number of aryl methyl sites for hydroxylation is 2. The molecule has 8 heteroatoms. The van der Waals surface area contributed by atoms with Gasteiger partial charge in [0.15, 0.2) is 6.61 Å². The predicted molar refractivity (Wildman–Crippen MR) is 121 cm³/mol. The SMILES string of the molecule is CCc1cc(Br)cc(C)c1NC(=O)COC(=O)[C@@H]1CC(=O)N(c2ccc(OC)cc2)C1. The minimum Gasteiger partial charge on any atom is -0.497 e. The van der Waals surface area contributed by atoms with Gasteiger partial charge < -0.3 is 19.7 Å². The summed E-state index contributed by atoms with van der Waals surface area (Å²) >= 11 is 3.46. The first-order valence-corrected chi connectivity index (χ1v) is 10.8. The Hall–Kier alpha value is -2.87. The lowest BCUT2D eigenvalue weighted by Crippen LogP contribution is -2.28. The third-order valence-corrected chi connectivity index (χ3v) is 5.67. The Bertz CT molecular complexity index is 990. The molecule has 31 heavy (non-hydrogen) atoms. The summed E-state index contributed by atoms with van der Waals surface area (Å²) in [4.78, 5) is 38.7. The van der Waals surface area contributed by atoms with Gasteiger partial charge in [-0.3, -0.25) is 14.4 Å². The van der Waals surface area contributed by atoms with Crippen molar-refractivity contribution in [2.45, 2.75) is 26.7 Å². The van der Waals surface area contributed by atoms with Crippen LogP contribution in [0.15, 0.2) is 40.9 Å². The van der Waals surface area contributed by atoms with Gasteiger partial charge in [-0.25, -0.2) is 0 Å². The van der Waals surface area contributed by atoms with Crippen molar-refractivity contribution in [1.29, 1.82) is 0 Å².